The third-order valence-corrected chi connectivity index (χ3v) is 5.76. The highest BCUT2D eigenvalue weighted by molar-refractivity contribution is 7.92. The molecule has 0 bridgehead atoms. The minimum atomic E-state index is -3.81. The molecule has 0 saturated heterocycles. The number of para-hydroxylation sites is 1. The number of rotatable bonds is 8. The van der Waals surface area contributed by atoms with E-state index in [-0.39, 0.29) is 22.8 Å². The molecule has 0 aliphatic heterocycles. The van der Waals surface area contributed by atoms with Crippen molar-refractivity contribution in [2.75, 3.05) is 4.72 Å². The van der Waals surface area contributed by atoms with E-state index >= 15 is 0 Å². The van der Waals surface area contributed by atoms with Crippen LogP contribution in [0.3, 0.4) is 0 Å². The lowest BCUT2D eigenvalue weighted by atomic mass is 10.2. The predicted octanol–water partition coefficient (Wildman–Crippen LogP) is 4.33. The van der Waals surface area contributed by atoms with Crippen LogP contribution in [0.2, 0.25) is 0 Å². The van der Waals surface area contributed by atoms with Gasteiger partial charge in [-0.05, 0) is 49.4 Å². The van der Waals surface area contributed by atoms with E-state index in [4.69, 9.17) is 0 Å². The van der Waals surface area contributed by atoms with Crippen LogP contribution in [0.4, 0.5) is 14.5 Å². The van der Waals surface area contributed by atoms with Crippen molar-refractivity contribution in [3.05, 3.63) is 89.5 Å². The van der Waals surface area contributed by atoms with E-state index in [1.54, 1.807) is 42.5 Å². The first-order valence-electron chi connectivity index (χ1n) is 9.25. The summed E-state index contributed by atoms with van der Waals surface area (Å²) in [5.41, 5.74) is 2.04. The lowest BCUT2D eigenvalue weighted by molar-refractivity contribution is -0.0504. The number of sulfonamides is 1. The Kier molecular flexibility index (Phi) is 6.86. The van der Waals surface area contributed by atoms with Crippen molar-refractivity contribution >= 4 is 21.6 Å². The van der Waals surface area contributed by atoms with E-state index in [9.17, 15) is 22.0 Å². The number of hydrogen-bond acceptors (Lipinski definition) is 4. The van der Waals surface area contributed by atoms with Crippen LogP contribution < -0.4 is 14.8 Å². The zero-order chi connectivity index (χ0) is 22.4. The summed E-state index contributed by atoms with van der Waals surface area (Å²) in [6, 6.07) is 18.4. The Morgan fingerprint density at radius 3 is 2.26 bits per heavy atom. The van der Waals surface area contributed by atoms with Gasteiger partial charge in [0.1, 0.15) is 5.75 Å². The van der Waals surface area contributed by atoms with Gasteiger partial charge in [0.25, 0.3) is 15.9 Å². The first-order chi connectivity index (χ1) is 14.7. The third-order valence-electron chi connectivity index (χ3n) is 4.36. The molecule has 0 unspecified atom stereocenters. The summed E-state index contributed by atoms with van der Waals surface area (Å²) in [6.45, 7) is -1.11. The van der Waals surface area contributed by atoms with Gasteiger partial charge in [-0.1, -0.05) is 35.9 Å². The van der Waals surface area contributed by atoms with Gasteiger partial charge < -0.3 is 10.1 Å². The minimum absolute atomic E-state index is 0.000282. The fraction of sp³-hybridized carbons (Fsp3) is 0.136. The Hall–Kier alpha value is -3.46. The molecular weight excluding hydrogens is 426 g/mol. The number of nitrogens with one attached hydrogen (secondary N) is 2. The zero-order valence-electron chi connectivity index (χ0n) is 16.5. The number of carbonyl (C=O) groups is 1. The van der Waals surface area contributed by atoms with Crippen molar-refractivity contribution in [2.24, 2.45) is 0 Å². The average molecular weight is 446 g/mol. The molecule has 3 aromatic carbocycles. The van der Waals surface area contributed by atoms with Crippen LogP contribution in [0, 0.1) is 6.92 Å². The fourth-order valence-corrected chi connectivity index (χ4v) is 3.82. The van der Waals surface area contributed by atoms with Crippen molar-refractivity contribution in [3.8, 4) is 5.75 Å². The second-order valence-corrected chi connectivity index (χ2v) is 8.35. The van der Waals surface area contributed by atoms with Crippen LogP contribution >= 0.6 is 0 Å². The zero-order valence-corrected chi connectivity index (χ0v) is 17.3. The fourth-order valence-electron chi connectivity index (χ4n) is 2.76. The average Bonchev–Trinajstić information content (AvgIpc) is 2.74. The summed E-state index contributed by atoms with van der Waals surface area (Å²) in [4.78, 5) is 12.4. The standard InChI is InChI=1S/C22H20F2N2O4S/c1-15-6-10-18(11-7-15)26-31(28,29)19-12-8-16(9-13-19)21(27)25-14-17-4-2-3-5-20(17)30-22(23)24/h2-13,22,26H,14H2,1H3,(H,25,27). The van der Waals surface area contributed by atoms with E-state index in [1.165, 1.54) is 30.3 Å². The quantitative estimate of drug-likeness (QED) is 0.540. The molecule has 0 radical (unpaired) electrons. The molecule has 0 spiro atoms. The predicted molar refractivity (Wildman–Crippen MR) is 113 cm³/mol. The smallest absolute Gasteiger partial charge is 0.387 e. The lowest BCUT2D eigenvalue weighted by Gasteiger charge is -2.12. The van der Waals surface area contributed by atoms with Crippen molar-refractivity contribution in [1.82, 2.24) is 5.32 Å². The SMILES string of the molecule is Cc1ccc(NS(=O)(=O)c2ccc(C(=O)NCc3ccccc3OC(F)F)cc2)cc1. The maximum absolute atomic E-state index is 12.5. The Bertz CT molecular complexity index is 1150. The van der Waals surface area contributed by atoms with Gasteiger partial charge in [0.15, 0.2) is 0 Å². The molecule has 0 heterocycles. The molecule has 6 nitrogen and oxygen atoms in total. The first kappa shape index (κ1) is 22.2. The van der Waals surface area contributed by atoms with E-state index in [1.807, 2.05) is 6.92 Å². The van der Waals surface area contributed by atoms with Crippen LogP contribution in [0.1, 0.15) is 21.5 Å². The first-order valence-corrected chi connectivity index (χ1v) is 10.7. The summed E-state index contributed by atoms with van der Waals surface area (Å²) < 4.78 is 56.9. The van der Waals surface area contributed by atoms with Crippen molar-refractivity contribution in [2.45, 2.75) is 25.0 Å². The van der Waals surface area contributed by atoms with Gasteiger partial charge in [-0.25, -0.2) is 8.42 Å². The molecule has 162 valence electrons. The van der Waals surface area contributed by atoms with Crippen molar-refractivity contribution < 1.29 is 26.7 Å². The van der Waals surface area contributed by atoms with Gasteiger partial charge in [-0.2, -0.15) is 8.78 Å². The highest BCUT2D eigenvalue weighted by atomic mass is 32.2. The second kappa shape index (κ2) is 9.57. The van der Waals surface area contributed by atoms with Gasteiger partial charge in [-0.3, -0.25) is 9.52 Å². The van der Waals surface area contributed by atoms with Crippen LogP contribution in [-0.4, -0.2) is 20.9 Å². The lowest BCUT2D eigenvalue weighted by Crippen LogP contribution is -2.23. The summed E-state index contributed by atoms with van der Waals surface area (Å²) in [5.74, 6) is -0.510. The Morgan fingerprint density at radius 2 is 1.61 bits per heavy atom. The van der Waals surface area contributed by atoms with Gasteiger partial charge >= 0.3 is 6.61 Å². The normalized spacial score (nSPS) is 11.2. The van der Waals surface area contributed by atoms with Gasteiger partial charge in [0.05, 0.1) is 4.90 Å². The number of ether oxygens (including phenoxy) is 1. The molecule has 3 aromatic rings. The molecule has 0 fully saturated rings. The Labute approximate surface area is 178 Å². The number of amides is 1. The number of anilines is 1. The topological polar surface area (TPSA) is 84.5 Å². The molecule has 9 heteroatoms. The van der Waals surface area contributed by atoms with E-state index in [0.717, 1.165) is 5.56 Å². The molecule has 31 heavy (non-hydrogen) atoms. The maximum Gasteiger partial charge on any atom is 0.387 e. The van der Waals surface area contributed by atoms with E-state index in [0.29, 0.717) is 11.3 Å². The van der Waals surface area contributed by atoms with Gasteiger partial charge in [0, 0.05) is 23.4 Å². The molecule has 0 atom stereocenters. The number of benzene rings is 3. The molecule has 1 amide bonds. The van der Waals surface area contributed by atoms with Gasteiger partial charge in [-0.15, -0.1) is 0 Å². The Balaban J connectivity index is 1.66. The van der Waals surface area contributed by atoms with Crippen LogP contribution in [0.15, 0.2) is 77.7 Å². The van der Waals surface area contributed by atoms with Crippen LogP contribution in [0.25, 0.3) is 0 Å². The minimum Gasteiger partial charge on any atom is -0.434 e. The number of halogens is 2. The van der Waals surface area contributed by atoms with E-state index < -0.39 is 22.5 Å². The summed E-state index contributed by atoms with van der Waals surface area (Å²) in [6.07, 6.45) is 0. The largest absolute Gasteiger partial charge is 0.434 e. The van der Waals surface area contributed by atoms with Crippen molar-refractivity contribution in [3.63, 3.8) is 0 Å². The number of carbonyl (C=O) groups excluding carboxylic acids is 1. The molecule has 0 aliphatic carbocycles. The van der Waals surface area contributed by atoms with Crippen LogP contribution in [-0.2, 0) is 16.6 Å². The molecule has 0 aliphatic rings. The van der Waals surface area contributed by atoms with E-state index in [2.05, 4.69) is 14.8 Å². The number of aryl methyl sites for hydroxylation is 1. The molecule has 3 rings (SSSR count). The highest BCUT2D eigenvalue weighted by Crippen LogP contribution is 2.21. The summed E-state index contributed by atoms with van der Waals surface area (Å²) in [7, 11) is -3.81. The monoisotopic (exact) mass is 446 g/mol. The van der Waals surface area contributed by atoms with Crippen LogP contribution in [0.5, 0.6) is 5.75 Å². The Morgan fingerprint density at radius 1 is 0.968 bits per heavy atom. The third kappa shape index (κ3) is 6.02. The summed E-state index contributed by atoms with van der Waals surface area (Å²) >= 11 is 0. The number of alkyl halides is 2. The highest BCUT2D eigenvalue weighted by Gasteiger charge is 2.16. The maximum atomic E-state index is 12.5. The van der Waals surface area contributed by atoms with Gasteiger partial charge in [0.2, 0.25) is 0 Å². The van der Waals surface area contributed by atoms with Crippen molar-refractivity contribution in [1.29, 1.82) is 0 Å². The molecule has 0 aromatic heterocycles. The summed E-state index contributed by atoms with van der Waals surface area (Å²) in [5, 5.41) is 2.60. The second-order valence-electron chi connectivity index (χ2n) is 6.66. The molecular formula is C22H20F2N2O4S. The molecule has 2 N–H and O–H groups in total. The number of hydrogen-bond donors (Lipinski definition) is 2. The molecule has 0 saturated carbocycles.